The normalized spacial score (nSPS) is 11.8. The van der Waals surface area contributed by atoms with E-state index in [4.69, 9.17) is 4.74 Å². The maximum atomic E-state index is 12.2. The maximum absolute atomic E-state index is 12.2. The number of ether oxygens (including phenoxy) is 1. The van der Waals surface area contributed by atoms with Crippen LogP contribution in [0.1, 0.15) is 38.1 Å². The van der Waals surface area contributed by atoms with Crippen LogP contribution in [0, 0.1) is 0 Å². The van der Waals surface area contributed by atoms with Gasteiger partial charge in [0.05, 0.1) is 7.11 Å². The molecule has 0 fully saturated rings. The number of methoxy groups -OCH3 is 1. The zero-order chi connectivity index (χ0) is 20.2. The highest BCUT2D eigenvalue weighted by atomic mass is 16.5. The number of aliphatic imine (C=N–C) groups is 1. The van der Waals surface area contributed by atoms with Crippen molar-refractivity contribution >= 4 is 11.9 Å². The number of carbonyl (C=O) groups is 1. The van der Waals surface area contributed by atoms with Gasteiger partial charge in [0.15, 0.2) is 5.96 Å². The molecule has 0 aliphatic heterocycles. The number of hydrogen-bond acceptors (Lipinski definition) is 4. The van der Waals surface area contributed by atoms with Gasteiger partial charge < -0.3 is 20.7 Å². The SMILES string of the molecule is CN=C(NCCNC(=O)c1cccc(OC)c1)NCCN(C(C)C)C(C)C. The molecule has 0 aromatic heterocycles. The molecule has 0 unspecified atom stereocenters. The molecule has 0 bridgehead atoms. The molecule has 0 atom stereocenters. The third kappa shape index (κ3) is 8.30. The minimum Gasteiger partial charge on any atom is -0.497 e. The van der Waals surface area contributed by atoms with Crippen molar-refractivity contribution in [2.24, 2.45) is 4.99 Å². The quantitative estimate of drug-likeness (QED) is 0.329. The van der Waals surface area contributed by atoms with E-state index in [1.165, 1.54) is 0 Å². The van der Waals surface area contributed by atoms with Crippen LogP contribution in [0.5, 0.6) is 5.75 Å². The topological polar surface area (TPSA) is 78.0 Å². The van der Waals surface area contributed by atoms with Gasteiger partial charge in [0.1, 0.15) is 5.75 Å². The number of carbonyl (C=O) groups excluding carboxylic acids is 1. The fourth-order valence-corrected chi connectivity index (χ4v) is 2.86. The zero-order valence-electron chi connectivity index (χ0n) is 17.5. The second kappa shape index (κ2) is 12.2. The van der Waals surface area contributed by atoms with E-state index in [0.29, 0.717) is 36.5 Å². The van der Waals surface area contributed by atoms with Crippen molar-refractivity contribution in [3.05, 3.63) is 29.8 Å². The molecule has 1 amide bonds. The first-order valence-electron chi connectivity index (χ1n) is 9.51. The number of rotatable bonds is 10. The predicted octanol–water partition coefficient (Wildman–Crippen LogP) is 1.71. The van der Waals surface area contributed by atoms with Crippen LogP contribution < -0.4 is 20.7 Å². The summed E-state index contributed by atoms with van der Waals surface area (Å²) >= 11 is 0. The van der Waals surface area contributed by atoms with Gasteiger partial charge in [-0.1, -0.05) is 6.07 Å². The molecule has 0 spiro atoms. The second-order valence-electron chi connectivity index (χ2n) is 6.84. The van der Waals surface area contributed by atoms with E-state index in [1.807, 2.05) is 6.07 Å². The lowest BCUT2D eigenvalue weighted by Gasteiger charge is -2.30. The summed E-state index contributed by atoms with van der Waals surface area (Å²) in [7, 11) is 3.33. The van der Waals surface area contributed by atoms with Gasteiger partial charge in [-0.25, -0.2) is 0 Å². The molecule has 1 aromatic carbocycles. The van der Waals surface area contributed by atoms with E-state index >= 15 is 0 Å². The Labute approximate surface area is 163 Å². The molecule has 0 radical (unpaired) electrons. The number of benzene rings is 1. The Morgan fingerprint density at radius 2 is 1.70 bits per heavy atom. The summed E-state index contributed by atoms with van der Waals surface area (Å²) in [5.41, 5.74) is 0.583. The van der Waals surface area contributed by atoms with Crippen molar-refractivity contribution in [2.75, 3.05) is 40.3 Å². The van der Waals surface area contributed by atoms with Crippen LogP contribution in [0.25, 0.3) is 0 Å². The number of amides is 1. The molecule has 7 heteroatoms. The second-order valence-corrected chi connectivity index (χ2v) is 6.84. The fourth-order valence-electron chi connectivity index (χ4n) is 2.86. The molecule has 0 aliphatic carbocycles. The highest BCUT2D eigenvalue weighted by Gasteiger charge is 2.12. The van der Waals surface area contributed by atoms with Crippen molar-refractivity contribution in [3.63, 3.8) is 0 Å². The molecule has 0 saturated heterocycles. The van der Waals surface area contributed by atoms with Crippen molar-refractivity contribution < 1.29 is 9.53 Å². The van der Waals surface area contributed by atoms with Gasteiger partial charge in [-0.2, -0.15) is 0 Å². The monoisotopic (exact) mass is 377 g/mol. The van der Waals surface area contributed by atoms with Crippen molar-refractivity contribution in [3.8, 4) is 5.75 Å². The van der Waals surface area contributed by atoms with Gasteiger partial charge in [-0.15, -0.1) is 0 Å². The first-order chi connectivity index (χ1) is 12.9. The number of guanidine groups is 1. The summed E-state index contributed by atoms with van der Waals surface area (Å²) < 4.78 is 5.14. The minimum atomic E-state index is -0.122. The zero-order valence-corrected chi connectivity index (χ0v) is 17.5. The van der Waals surface area contributed by atoms with Crippen molar-refractivity contribution in [2.45, 2.75) is 39.8 Å². The maximum Gasteiger partial charge on any atom is 0.251 e. The number of nitrogens with one attached hydrogen (secondary N) is 3. The highest BCUT2D eigenvalue weighted by molar-refractivity contribution is 5.94. The molecule has 1 aromatic rings. The molecule has 0 saturated carbocycles. The Morgan fingerprint density at radius 3 is 2.30 bits per heavy atom. The molecule has 3 N–H and O–H groups in total. The number of nitrogens with zero attached hydrogens (tertiary/aromatic N) is 2. The van der Waals surface area contributed by atoms with E-state index in [-0.39, 0.29) is 5.91 Å². The van der Waals surface area contributed by atoms with Gasteiger partial charge in [0.25, 0.3) is 5.91 Å². The van der Waals surface area contributed by atoms with Crippen LogP contribution in [0.2, 0.25) is 0 Å². The Hall–Kier alpha value is -2.28. The molecule has 0 heterocycles. The van der Waals surface area contributed by atoms with Gasteiger partial charge in [-0.05, 0) is 45.9 Å². The lowest BCUT2D eigenvalue weighted by molar-refractivity contribution is 0.0954. The first kappa shape index (κ1) is 22.8. The summed E-state index contributed by atoms with van der Waals surface area (Å²) in [6, 6.07) is 8.12. The van der Waals surface area contributed by atoms with Crippen LogP contribution in [0.3, 0.4) is 0 Å². The average molecular weight is 378 g/mol. The van der Waals surface area contributed by atoms with Gasteiger partial charge >= 0.3 is 0 Å². The molecule has 27 heavy (non-hydrogen) atoms. The highest BCUT2D eigenvalue weighted by Crippen LogP contribution is 2.12. The van der Waals surface area contributed by atoms with Gasteiger partial charge in [0, 0.05) is 50.9 Å². The largest absolute Gasteiger partial charge is 0.497 e. The molecule has 0 aliphatic rings. The van der Waals surface area contributed by atoms with E-state index in [9.17, 15) is 4.79 Å². The smallest absolute Gasteiger partial charge is 0.251 e. The van der Waals surface area contributed by atoms with E-state index in [2.05, 4.69) is 53.5 Å². The van der Waals surface area contributed by atoms with Crippen LogP contribution in [-0.4, -0.2) is 69.2 Å². The van der Waals surface area contributed by atoms with E-state index in [0.717, 1.165) is 19.0 Å². The molecular weight excluding hydrogens is 342 g/mol. The lowest BCUT2D eigenvalue weighted by Crippen LogP contribution is -2.46. The summed E-state index contributed by atoms with van der Waals surface area (Å²) in [5, 5.41) is 9.41. The van der Waals surface area contributed by atoms with Crippen LogP contribution in [-0.2, 0) is 0 Å². The average Bonchev–Trinajstić information content (AvgIpc) is 2.65. The summed E-state index contributed by atoms with van der Waals surface area (Å²) in [5.74, 6) is 1.28. The fraction of sp³-hybridized carbons (Fsp3) is 0.600. The Balaban J connectivity index is 2.31. The lowest BCUT2D eigenvalue weighted by atomic mass is 10.2. The third-order valence-electron chi connectivity index (χ3n) is 4.25. The van der Waals surface area contributed by atoms with Crippen LogP contribution in [0.15, 0.2) is 29.3 Å². The Morgan fingerprint density at radius 1 is 1.07 bits per heavy atom. The van der Waals surface area contributed by atoms with E-state index < -0.39 is 0 Å². The molecule has 152 valence electrons. The summed E-state index contributed by atoms with van der Waals surface area (Å²) in [6.07, 6.45) is 0. The van der Waals surface area contributed by atoms with Crippen molar-refractivity contribution in [1.29, 1.82) is 0 Å². The van der Waals surface area contributed by atoms with E-state index in [1.54, 1.807) is 32.4 Å². The molecule has 7 nitrogen and oxygen atoms in total. The minimum absolute atomic E-state index is 0.122. The van der Waals surface area contributed by atoms with Gasteiger partial charge in [0.2, 0.25) is 0 Å². The van der Waals surface area contributed by atoms with Crippen LogP contribution >= 0.6 is 0 Å². The number of hydrogen-bond donors (Lipinski definition) is 3. The van der Waals surface area contributed by atoms with Crippen molar-refractivity contribution in [1.82, 2.24) is 20.9 Å². The first-order valence-corrected chi connectivity index (χ1v) is 9.51. The Kier molecular flexibility index (Phi) is 10.3. The summed E-state index contributed by atoms with van der Waals surface area (Å²) in [6.45, 7) is 11.7. The standard InChI is InChI=1S/C20H35N5O2/c1-15(2)25(16(3)4)13-12-24-20(21-5)23-11-10-22-19(26)17-8-7-9-18(14-17)27-6/h7-9,14-16H,10-13H2,1-6H3,(H,22,26)(H2,21,23,24). The molecule has 1 rings (SSSR count). The third-order valence-corrected chi connectivity index (χ3v) is 4.25. The van der Waals surface area contributed by atoms with Gasteiger partial charge in [-0.3, -0.25) is 14.7 Å². The molecular formula is C20H35N5O2. The Bertz CT molecular complexity index is 594. The van der Waals surface area contributed by atoms with Crippen LogP contribution in [0.4, 0.5) is 0 Å². The predicted molar refractivity (Wildman–Crippen MR) is 112 cm³/mol. The summed E-state index contributed by atoms with van der Waals surface area (Å²) in [4.78, 5) is 18.8.